The molecule has 122 valence electrons. The molecule has 0 bridgehead atoms. The SMILES string of the molecule is N#CCc1cnc2c(C(=O)O)c(Nn3nnc4ccccc43)nn2c1. The van der Waals surface area contributed by atoms with Crippen molar-refractivity contribution in [2.24, 2.45) is 0 Å². The van der Waals surface area contributed by atoms with Crippen molar-refractivity contribution in [3.05, 3.63) is 47.8 Å². The van der Waals surface area contributed by atoms with Crippen LogP contribution in [0.3, 0.4) is 0 Å². The van der Waals surface area contributed by atoms with Crippen molar-refractivity contribution >= 4 is 28.5 Å². The first kappa shape index (κ1) is 14.6. The summed E-state index contributed by atoms with van der Waals surface area (Å²) in [5, 5.41) is 30.5. The lowest BCUT2D eigenvalue weighted by Gasteiger charge is -2.03. The predicted octanol–water partition coefficient (Wildman–Crippen LogP) is 1.11. The number of carboxylic acids is 1. The molecule has 0 aliphatic carbocycles. The topological polar surface area (TPSA) is 134 Å². The van der Waals surface area contributed by atoms with Gasteiger partial charge in [-0.1, -0.05) is 12.1 Å². The van der Waals surface area contributed by atoms with Crippen molar-refractivity contribution < 1.29 is 9.90 Å². The van der Waals surface area contributed by atoms with E-state index in [1.54, 1.807) is 18.3 Å². The summed E-state index contributed by atoms with van der Waals surface area (Å²) >= 11 is 0. The number of rotatable bonds is 4. The molecular weight excluding hydrogens is 324 g/mol. The highest BCUT2D eigenvalue weighted by Crippen LogP contribution is 2.20. The molecule has 0 saturated heterocycles. The zero-order chi connectivity index (χ0) is 17.4. The third kappa shape index (κ3) is 2.40. The Hall–Kier alpha value is -4.00. The third-order valence-corrected chi connectivity index (χ3v) is 3.59. The van der Waals surface area contributed by atoms with Crippen LogP contribution in [0.4, 0.5) is 5.82 Å². The van der Waals surface area contributed by atoms with Crippen molar-refractivity contribution in [3.63, 3.8) is 0 Å². The summed E-state index contributed by atoms with van der Waals surface area (Å²) in [6.45, 7) is 0. The Morgan fingerprint density at radius 1 is 1.36 bits per heavy atom. The quantitative estimate of drug-likeness (QED) is 0.567. The minimum atomic E-state index is -1.18. The van der Waals surface area contributed by atoms with Gasteiger partial charge in [-0.3, -0.25) is 5.43 Å². The maximum absolute atomic E-state index is 11.7. The van der Waals surface area contributed by atoms with Gasteiger partial charge in [-0.05, 0) is 17.3 Å². The number of nitrogens with one attached hydrogen (secondary N) is 1. The molecule has 25 heavy (non-hydrogen) atoms. The second kappa shape index (κ2) is 5.57. The van der Waals surface area contributed by atoms with Crippen molar-refractivity contribution in [1.29, 1.82) is 5.26 Å². The number of aromatic nitrogens is 6. The fourth-order valence-corrected chi connectivity index (χ4v) is 2.48. The van der Waals surface area contributed by atoms with Crippen LogP contribution in [-0.4, -0.2) is 40.8 Å². The largest absolute Gasteiger partial charge is 0.477 e. The fraction of sp³-hybridized carbons (Fsp3) is 0.0667. The second-order valence-electron chi connectivity index (χ2n) is 5.20. The number of aromatic carboxylic acids is 1. The summed E-state index contributed by atoms with van der Waals surface area (Å²) < 4.78 is 1.33. The zero-order valence-electron chi connectivity index (χ0n) is 12.7. The van der Waals surface area contributed by atoms with Crippen LogP contribution in [0.5, 0.6) is 0 Å². The van der Waals surface area contributed by atoms with Crippen molar-refractivity contribution in [2.75, 3.05) is 5.43 Å². The fourth-order valence-electron chi connectivity index (χ4n) is 2.48. The van der Waals surface area contributed by atoms with Gasteiger partial charge in [0.1, 0.15) is 16.6 Å². The number of para-hydroxylation sites is 1. The monoisotopic (exact) mass is 334 g/mol. The average molecular weight is 334 g/mol. The number of carboxylic acid groups (broad SMARTS) is 1. The van der Waals surface area contributed by atoms with Crippen molar-refractivity contribution in [2.45, 2.75) is 6.42 Å². The Morgan fingerprint density at radius 2 is 2.20 bits per heavy atom. The van der Waals surface area contributed by atoms with Crippen LogP contribution in [0.2, 0.25) is 0 Å². The van der Waals surface area contributed by atoms with Crippen LogP contribution in [-0.2, 0) is 6.42 Å². The zero-order valence-corrected chi connectivity index (χ0v) is 12.7. The number of hydrogen-bond donors (Lipinski definition) is 2. The molecule has 4 rings (SSSR count). The summed E-state index contributed by atoms with van der Waals surface area (Å²) in [4.78, 5) is 17.1. The summed E-state index contributed by atoms with van der Waals surface area (Å²) in [7, 11) is 0. The van der Waals surface area contributed by atoms with E-state index in [0.29, 0.717) is 16.6 Å². The van der Waals surface area contributed by atoms with E-state index in [1.165, 1.54) is 15.5 Å². The van der Waals surface area contributed by atoms with Gasteiger partial charge in [0.05, 0.1) is 12.5 Å². The number of anilines is 1. The van der Waals surface area contributed by atoms with Crippen LogP contribution in [0.25, 0.3) is 16.7 Å². The minimum absolute atomic E-state index is 0.0739. The predicted molar refractivity (Wildman–Crippen MR) is 85.8 cm³/mol. The molecule has 0 amide bonds. The summed E-state index contributed by atoms with van der Waals surface area (Å²) in [6, 6.07) is 9.25. The highest BCUT2D eigenvalue weighted by atomic mass is 16.4. The molecule has 0 aliphatic heterocycles. The number of benzene rings is 1. The molecule has 2 N–H and O–H groups in total. The molecule has 10 heteroatoms. The summed E-state index contributed by atoms with van der Waals surface area (Å²) in [6.07, 6.45) is 3.19. The molecule has 1 aromatic carbocycles. The molecule has 0 unspecified atom stereocenters. The molecule has 3 heterocycles. The van der Waals surface area contributed by atoms with E-state index in [1.807, 2.05) is 18.2 Å². The lowest BCUT2D eigenvalue weighted by Crippen LogP contribution is -2.14. The highest BCUT2D eigenvalue weighted by Gasteiger charge is 2.21. The number of nitrogens with zero attached hydrogens (tertiary/aromatic N) is 7. The maximum atomic E-state index is 11.7. The van der Waals surface area contributed by atoms with Gasteiger partial charge in [0.15, 0.2) is 11.5 Å². The third-order valence-electron chi connectivity index (χ3n) is 3.59. The second-order valence-corrected chi connectivity index (χ2v) is 5.20. The number of hydrogen-bond acceptors (Lipinski definition) is 7. The molecule has 0 fully saturated rings. The first-order valence-electron chi connectivity index (χ1n) is 7.22. The Kier molecular flexibility index (Phi) is 3.25. The lowest BCUT2D eigenvalue weighted by molar-refractivity contribution is 0.0699. The van der Waals surface area contributed by atoms with Gasteiger partial charge in [0, 0.05) is 18.0 Å². The summed E-state index contributed by atoms with van der Waals surface area (Å²) in [5.41, 5.74) is 4.88. The first-order chi connectivity index (χ1) is 12.2. The molecule has 0 radical (unpaired) electrons. The maximum Gasteiger partial charge on any atom is 0.343 e. The van der Waals surface area contributed by atoms with E-state index in [4.69, 9.17) is 5.26 Å². The van der Waals surface area contributed by atoms with Crippen molar-refractivity contribution in [1.82, 2.24) is 29.7 Å². The summed E-state index contributed by atoms with van der Waals surface area (Å²) in [5.74, 6) is -1.10. The molecule has 4 aromatic rings. The molecule has 0 saturated carbocycles. The molecule has 0 aliphatic rings. The minimum Gasteiger partial charge on any atom is -0.477 e. The van der Waals surface area contributed by atoms with E-state index in [2.05, 4.69) is 25.8 Å². The van der Waals surface area contributed by atoms with Crippen LogP contribution in [0.15, 0.2) is 36.7 Å². The van der Waals surface area contributed by atoms with Gasteiger partial charge < -0.3 is 5.11 Å². The molecule has 0 atom stereocenters. The average Bonchev–Trinajstić information content (AvgIpc) is 3.16. The first-order valence-corrected chi connectivity index (χ1v) is 7.22. The molecule has 3 aromatic heterocycles. The Bertz CT molecular complexity index is 1150. The van der Waals surface area contributed by atoms with Crippen LogP contribution >= 0.6 is 0 Å². The van der Waals surface area contributed by atoms with Gasteiger partial charge >= 0.3 is 5.97 Å². The van der Waals surface area contributed by atoms with Gasteiger partial charge in [0.2, 0.25) is 0 Å². The smallest absolute Gasteiger partial charge is 0.343 e. The van der Waals surface area contributed by atoms with E-state index in [0.717, 1.165) is 0 Å². The normalized spacial score (nSPS) is 10.8. The standard InChI is InChI=1S/C15H10N8O2/c16-6-5-9-7-17-14-12(15(24)25)13(19-22(14)8-9)20-23-11-4-2-1-3-10(11)18-21-23/h1-4,7-8H,5H2,(H,19,20)(H,24,25). The van der Waals surface area contributed by atoms with E-state index in [-0.39, 0.29) is 23.4 Å². The molecular formula is C15H10N8O2. The Balaban J connectivity index is 1.84. The number of fused-ring (bicyclic) bond motifs is 2. The molecule has 10 nitrogen and oxygen atoms in total. The van der Waals surface area contributed by atoms with E-state index >= 15 is 0 Å². The van der Waals surface area contributed by atoms with Crippen LogP contribution in [0, 0.1) is 11.3 Å². The number of nitriles is 1. The van der Waals surface area contributed by atoms with Crippen LogP contribution in [0.1, 0.15) is 15.9 Å². The van der Waals surface area contributed by atoms with Gasteiger partial charge in [-0.15, -0.1) is 10.2 Å². The highest BCUT2D eigenvalue weighted by molar-refractivity contribution is 6.00. The van der Waals surface area contributed by atoms with Crippen molar-refractivity contribution in [3.8, 4) is 6.07 Å². The number of carbonyl (C=O) groups is 1. The lowest BCUT2D eigenvalue weighted by atomic mass is 10.2. The van der Waals surface area contributed by atoms with E-state index in [9.17, 15) is 9.90 Å². The Labute approximate surface area is 139 Å². The van der Waals surface area contributed by atoms with Crippen LogP contribution < -0.4 is 5.43 Å². The van der Waals surface area contributed by atoms with Gasteiger partial charge in [0.25, 0.3) is 0 Å². The van der Waals surface area contributed by atoms with Gasteiger partial charge in [-0.2, -0.15) is 10.1 Å². The van der Waals surface area contributed by atoms with Gasteiger partial charge in [-0.25, -0.2) is 14.3 Å². The van der Waals surface area contributed by atoms with E-state index < -0.39 is 5.97 Å². The Morgan fingerprint density at radius 3 is 3.00 bits per heavy atom. The molecule has 0 spiro atoms.